The van der Waals surface area contributed by atoms with E-state index in [2.05, 4.69) is 5.32 Å². The molecule has 2 atom stereocenters. The van der Waals surface area contributed by atoms with Crippen LogP contribution in [0, 0.1) is 5.92 Å². The second-order valence-electron chi connectivity index (χ2n) is 5.56. The van der Waals surface area contributed by atoms with Crippen LogP contribution in [-0.2, 0) is 6.42 Å². The zero-order valence-corrected chi connectivity index (χ0v) is 11.9. The molecule has 2 unspecified atom stereocenters. The fourth-order valence-corrected chi connectivity index (χ4v) is 2.84. The lowest BCUT2D eigenvalue weighted by atomic mass is 9.87. The van der Waals surface area contributed by atoms with Gasteiger partial charge in [0.15, 0.2) is 0 Å². The first-order valence-electron chi connectivity index (χ1n) is 7.39. The number of benzene rings is 1. The van der Waals surface area contributed by atoms with Gasteiger partial charge in [-0.3, -0.25) is 4.79 Å². The number of rotatable bonds is 4. The average molecular weight is 277 g/mol. The standard InChI is InChI=1S/C16H23NO3/c1-2-12-6-4-8-14(15(12)19)16(20)17-10-11-5-3-7-13(18)9-11/h4,6,8,11,13,18-19H,2-3,5,7,9-10H2,1H3,(H,17,20). The van der Waals surface area contributed by atoms with Gasteiger partial charge in [-0.2, -0.15) is 0 Å². The van der Waals surface area contributed by atoms with E-state index in [1.807, 2.05) is 13.0 Å². The van der Waals surface area contributed by atoms with Crippen LogP contribution in [0.15, 0.2) is 18.2 Å². The first kappa shape index (κ1) is 14.9. The smallest absolute Gasteiger partial charge is 0.255 e. The highest BCUT2D eigenvalue weighted by Gasteiger charge is 2.21. The summed E-state index contributed by atoms with van der Waals surface area (Å²) in [4.78, 5) is 12.1. The Morgan fingerprint density at radius 3 is 2.90 bits per heavy atom. The Labute approximate surface area is 119 Å². The molecule has 4 nitrogen and oxygen atoms in total. The largest absolute Gasteiger partial charge is 0.507 e. The van der Waals surface area contributed by atoms with Crippen molar-refractivity contribution >= 4 is 5.91 Å². The van der Waals surface area contributed by atoms with Crippen molar-refractivity contribution in [1.82, 2.24) is 5.32 Å². The number of amides is 1. The molecule has 0 spiro atoms. The molecule has 4 heteroatoms. The van der Waals surface area contributed by atoms with E-state index in [1.54, 1.807) is 12.1 Å². The van der Waals surface area contributed by atoms with Crippen molar-refractivity contribution in [2.45, 2.75) is 45.1 Å². The van der Waals surface area contributed by atoms with Gasteiger partial charge in [0.05, 0.1) is 11.7 Å². The number of carbonyl (C=O) groups is 1. The van der Waals surface area contributed by atoms with E-state index in [-0.39, 0.29) is 17.8 Å². The Morgan fingerprint density at radius 1 is 1.40 bits per heavy atom. The van der Waals surface area contributed by atoms with Crippen molar-refractivity contribution in [1.29, 1.82) is 0 Å². The predicted octanol–water partition coefficient (Wildman–Crippen LogP) is 2.24. The number of carbonyl (C=O) groups excluding carboxylic acids is 1. The number of phenols is 1. The number of phenolic OH excluding ortho intramolecular Hbond substituents is 1. The molecule has 0 aromatic heterocycles. The molecule has 1 aliphatic rings. The van der Waals surface area contributed by atoms with Crippen LogP contribution >= 0.6 is 0 Å². The zero-order chi connectivity index (χ0) is 14.5. The summed E-state index contributed by atoms with van der Waals surface area (Å²) in [5, 5.41) is 22.5. The number of aliphatic hydroxyl groups excluding tert-OH is 1. The van der Waals surface area contributed by atoms with Crippen LogP contribution in [-0.4, -0.2) is 28.8 Å². The number of para-hydroxylation sites is 1. The van der Waals surface area contributed by atoms with E-state index < -0.39 is 0 Å². The molecule has 110 valence electrons. The van der Waals surface area contributed by atoms with Crippen LogP contribution in [0.2, 0.25) is 0 Å². The van der Waals surface area contributed by atoms with Gasteiger partial charge in [-0.05, 0) is 43.2 Å². The predicted molar refractivity (Wildman–Crippen MR) is 77.8 cm³/mol. The second kappa shape index (κ2) is 6.75. The third-order valence-corrected chi connectivity index (χ3v) is 4.05. The molecule has 20 heavy (non-hydrogen) atoms. The molecule has 0 aliphatic heterocycles. The average Bonchev–Trinajstić information content (AvgIpc) is 2.45. The Bertz CT molecular complexity index is 473. The van der Waals surface area contributed by atoms with Gasteiger partial charge in [-0.15, -0.1) is 0 Å². The molecule has 1 aliphatic carbocycles. The van der Waals surface area contributed by atoms with Gasteiger partial charge < -0.3 is 15.5 Å². The first-order chi connectivity index (χ1) is 9.61. The van der Waals surface area contributed by atoms with E-state index in [0.717, 1.165) is 31.2 Å². The zero-order valence-electron chi connectivity index (χ0n) is 11.9. The van der Waals surface area contributed by atoms with Crippen molar-refractivity contribution in [3.8, 4) is 5.75 Å². The number of aliphatic hydroxyl groups is 1. The molecule has 1 saturated carbocycles. The maximum Gasteiger partial charge on any atom is 0.255 e. The number of hydrogen-bond acceptors (Lipinski definition) is 3. The molecular weight excluding hydrogens is 254 g/mol. The molecule has 1 fully saturated rings. The van der Waals surface area contributed by atoms with Crippen molar-refractivity contribution in [3.05, 3.63) is 29.3 Å². The highest BCUT2D eigenvalue weighted by Crippen LogP contribution is 2.25. The number of nitrogens with one attached hydrogen (secondary N) is 1. The molecule has 0 bridgehead atoms. The van der Waals surface area contributed by atoms with E-state index >= 15 is 0 Å². The number of aryl methyl sites for hydroxylation is 1. The van der Waals surface area contributed by atoms with E-state index in [0.29, 0.717) is 24.4 Å². The normalized spacial score (nSPS) is 22.5. The maximum atomic E-state index is 12.1. The number of hydrogen-bond donors (Lipinski definition) is 3. The van der Waals surface area contributed by atoms with Gasteiger partial charge in [0.1, 0.15) is 5.75 Å². The summed E-state index contributed by atoms with van der Waals surface area (Å²) in [6, 6.07) is 5.25. The highest BCUT2D eigenvalue weighted by molar-refractivity contribution is 5.97. The fourth-order valence-electron chi connectivity index (χ4n) is 2.84. The minimum absolute atomic E-state index is 0.0798. The van der Waals surface area contributed by atoms with Crippen molar-refractivity contribution < 1.29 is 15.0 Å². The maximum absolute atomic E-state index is 12.1. The van der Waals surface area contributed by atoms with Crippen LogP contribution in [0.4, 0.5) is 0 Å². The van der Waals surface area contributed by atoms with Gasteiger partial charge in [0, 0.05) is 6.54 Å². The van der Waals surface area contributed by atoms with Gasteiger partial charge in [0.2, 0.25) is 0 Å². The molecule has 0 saturated heterocycles. The molecule has 0 radical (unpaired) electrons. The highest BCUT2D eigenvalue weighted by atomic mass is 16.3. The minimum atomic E-state index is -0.238. The molecule has 3 N–H and O–H groups in total. The van der Waals surface area contributed by atoms with Crippen molar-refractivity contribution in [3.63, 3.8) is 0 Å². The summed E-state index contributed by atoms with van der Waals surface area (Å²) in [7, 11) is 0. The lowest BCUT2D eigenvalue weighted by Gasteiger charge is -2.26. The quantitative estimate of drug-likeness (QED) is 0.790. The monoisotopic (exact) mass is 277 g/mol. The molecule has 1 aromatic carbocycles. The Morgan fingerprint density at radius 2 is 2.20 bits per heavy atom. The van der Waals surface area contributed by atoms with Crippen LogP contribution in [0.25, 0.3) is 0 Å². The van der Waals surface area contributed by atoms with Gasteiger partial charge in [0.25, 0.3) is 5.91 Å². The van der Waals surface area contributed by atoms with E-state index in [4.69, 9.17) is 0 Å². The lowest BCUT2D eigenvalue weighted by Crippen LogP contribution is -2.33. The number of aromatic hydroxyl groups is 1. The second-order valence-corrected chi connectivity index (χ2v) is 5.56. The molecule has 1 aromatic rings. The fraction of sp³-hybridized carbons (Fsp3) is 0.562. The van der Waals surface area contributed by atoms with Gasteiger partial charge in [-0.1, -0.05) is 25.5 Å². The van der Waals surface area contributed by atoms with Crippen LogP contribution in [0.5, 0.6) is 5.75 Å². The third kappa shape index (κ3) is 3.51. The van der Waals surface area contributed by atoms with Crippen LogP contribution in [0.1, 0.15) is 48.5 Å². The SMILES string of the molecule is CCc1cccc(C(=O)NCC2CCCC(O)C2)c1O. The topological polar surface area (TPSA) is 69.6 Å². The van der Waals surface area contributed by atoms with Gasteiger partial charge in [-0.25, -0.2) is 0 Å². The summed E-state index contributed by atoms with van der Waals surface area (Å²) in [6.45, 7) is 2.51. The van der Waals surface area contributed by atoms with Crippen LogP contribution < -0.4 is 5.32 Å². The summed E-state index contributed by atoms with van der Waals surface area (Å²) >= 11 is 0. The van der Waals surface area contributed by atoms with E-state index in [1.165, 1.54) is 0 Å². The molecule has 1 amide bonds. The third-order valence-electron chi connectivity index (χ3n) is 4.05. The Hall–Kier alpha value is -1.55. The van der Waals surface area contributed by atoms with Gasteiger partial charge >= 0.3 is 0 Å². The Balaban J connectivity index is 1.95. The Kier molecular flexibility index (Phi) is 5.01. The minimum Gasteiger partial charge on any atom is -0.507 e. The first-order valence-corrected chi connectivity index (χ1v) is 7.39. The summed E-state index contributed by atoms with van der Waals surface area (Å²) in [5.41, 5.74) is 1.12. The van der Waals surface area contributed by atoms with Crippen molar-refractivity contribution in [2.24, 2.45) is 5.92 Å². The summed E-state index contributed by atoms with van der Waals surface area (Å²) < 4.78 is 0. The van der Waals surface area contributed by atoms with Crippen LogP contribution in [0.3, 0.4) is 0 Å². The summed E-state index contributed by atoms with van der Waals surface area (Å²) in [6.07, 6.45) is 4.13. The molecular formula is C16H23NO3. The van der Waals surface area contributed by atoms with Crippen molar-refractivity contribution in [2.75, 3.05) is 6.54 Å². The summed E-state index contributed by atoms with van der Waals surface area (Å²) in [5.74, 6) is 0.174. The molecule has 2 rings (SSSR count). The molecule has 0 heterocycles. The van der Waals surface area contributed by atoms with E-state index in [9.17, 15) is 15.0 Å². The lowest BCUT2D eigenvalue weighted by molar-refractivity contribution is 0.0871.